The number of alkyl halides is 3. The number of nitrogens with zero attached hydrogens (tertiary/aromatic N) is 1. The molecule has 6 heteroatoms. The van der Waals surface area contributed by atoms with Crippen molar-refractivity contribution in [1.29, 1.82) is 0 Å². The monoisotopic (exact) mass is 260 g/mol. The number of carbonyl (C=O) groups is 1. The average Bonchev–Trinajstić information content (AvgIpc) is 2.27. The molecule has 0 bridgehead atoms. The van der Waals surface area contributed by atoms with Gasteiger partial charge in [0.2, 0.25) is 5.91 Å². The topological polar surface area (TPSA) is 46.3 Å². The SMILES string of the molecule is C[C@H](C(N)=O)N(C)Cc1ccc(C(F)(F)F)cc1. The molecule has 0 aliphatic heterocycles. The summed E-state index contributed by atoms with van der Waals surface area (Å²) in [6.45, 7) is 2.01. The Morgan fingerprint density at radius 1 is 1.33 bits per heavy atom. The minimum absolute atomic E-state index is 0.363. The Morgan fingerprint density at radius 3 is 2.22 bits per heavy atom. The molecule has 1 atom stereocenters. The van der Waals surface area contributed by atoms with Gasteiger partial charge in [0.05, 0.1) is 11.6 Å². The second kappa shape index (κ2) is 5.39. The van der Waals surface area contributed by atoms with E-state index in [9.17, 15) is 18.0 Å². The van der Waals surface area contributed by atoms with Crippen LogP contribution in [0.1, 0.15) is 18.1 Å². The number of amides is 1. The fourth-order valence-electron chi connectivity index (χ4n) is 1.44. The molecular formula is C12H15F3N2O. The summed E-state index contributed by atoms with van der Waals surface area (Å²) in [7, 11) is 1.69. The van der Waals surface area contributed by atoms with Gasteiger partial charge >= 0.3 is 6.18 Å². The third-order valence-corrected chi connectivity index (χ3v) is 2.79. The molecule has 0 aliphatic carbocycles. The van der Waals surface area contributed by atoms with Crippen molar-refractivity contribution in [3.8, 4) is 0 Å². The summed E-state index contributed by atoms with van der Waals surface area (Å²) in [4.78, 5) is 12.6. The lowest BCUT2D eigenvalue weighted by molar-refractivity contribution is -0.137. The number of likely N-dealkylation sites (N-methyl/N-ethyl adjacent to an activating group) is 1. The van der Waals surface area contributed by atoms with Gasteiger partial charge in [-0.2, -0.15) is 13.2 Å². The predicted octanol–water partition coefficient (Wildman–Crippen LogP) is 2.01. The Labute approximate surface area is 103 Å². The van der Waals surface area contributed by atoms with Gasteiger partial charge in [0, 0.05) is 6.54 Å². The van der Waals surface area contributed by atoms with Gasteiger partial charge < -0.3 is 5.73 Å². The highest BCUT2D eigenvalue weighted by molar-refractivity contribution is 5.79. The van der Waals surface area contributed by atoms with Crippen molar-refractivity contribution in [2.24, 2.45) is 5.73 Å². The largest absolute Gasteiger partial charge is 0.416 e. The number of carbonyl (C=O) groups excluding carboxylic acids is 1. The summed E-state index contributed by atoms with van der Waals surface area (Å²) in [5.74, 6) is -0.468. The van der Waals surface area contributed by atoms with Gasteiger partial charge in [0.1, 0.15) is 0 Å². The molecule has 0 aromatic heterocycles. The zero-order valence-corrected chi connectivity index (χ0v) is 10.2. The first-order chi connectivity index (χ1) is 8.21. The maximum absolute atomic E-state index is 12.3. The number of primary amides is 1. The molecule has 100 valence electrons. The minimum atomic E-state index is -4.33. The summed E-state index contributed by atoms with van der Waals surface area (Å²) >= 11 is 0. The minimum Gasteiger partial charge on any atom is -0.368 e. The Balaban J connectivity index is 2.73. The zero-order chi connectivity index (χ0) is 13.9. The van der Waals surface area contributed by atoms with Crippen molar-refractivity contribution in [3.05, 3.63) is 35.4 Å². The first-order valence-electron chi connectivity index (χ1n) is 5.37. The molecule has 1 aromatic rings. The van der Waals surface area contributed by atoms with Crippen LogP contribution in [0.25, 0.3) is 0 Å². The number of halogens is 3. The van der Waals surface area contributed by atoms with E-state index in [4.69, 9.17) is 5.73 Å². The predicted molar refractivity (Wildman–Crippen MR) is 61.6 cm³/mol. The molecule has 0 fully saturated rings. The van der Waals surface area contributed by atoms with E-state index in [0.29, 0.717) is 12.1 Å². The average molecular weight is 260 g/mol. The van der Waals surface area contributed by atoms with E-state index in [2.05, 4.69) is 0 Å². The van der Waals surface area contributed by atoms with E-state index in [1.807, 2.05) is 0 Å². The van der Waals surface area contributed by atoms with Gasteiger partial charge in [-0.05, 0) is 31.7 Å². The van der Waals surface area contributed by atoms with Gasteiger partial charge in [-0.15, -0.1) is 0 Å². The molecule has 0 aliphatic rings. The van der Waals surface area contributed by atoms with Crippen LogP contribution in [0.2, 0.25) is 0 Å². The van der Waals surface area contributed by atoms with Crippen molar-refractivity contribution < 1.29 is 18.0 Å². The molecule has 0 saturated carbocycles. The van der Waals surface area contributed by atoms with Crippen LogP contribution in [0, 0.1) is 0 Å². The molecule has 0 radical (unpaired) electrons. The summed E-state index contributed by atoms with van der Waals surface area (Å²) < 4.78 is 37.0. The van der Waals surface area contributed by atoms with Gasteiger partial charge in [-0.3, -0.25) is 9.69 Å². The highest BCUT2D eigenvalue weighted by Crippen LogP contribution is 2.29. The van der Waals surface area contributed by atoms with E-state index >= 15 is 0 Å². The number of rotatable bonds is 4. The van der Waals surface area contributed by atoms with E-state index in [1.165, 1.54) is 12.1 Å². The van der Waals surface area contributed by atoms with E-state index in [0.717, 1.165) is 12.1 Å². The molecule has 3 nitrogen and oxygen atoms in total. The molecule has 0 spiro atoms. The molecule has 2 N–H and O–H groups in total. The van der Waals surface area contributed by atoms with Crippen LogP contribution in [0.3, 0.4) is 0 Å². The second-order valence-corrected chi connectivity index (χ2v) is 4.19. The summed E-state index contributed by atoms with van der Waals surface area (Å²) in [5.41, 5.74) is 5.15. The van der Waals surface area contributed by atoms with E-state index in [1.54, 1.807) is 18.9 Å². The van der Waals surface area contributed by atoms with Crippen LogP contribution in [-0.4, -0.2) is 23.9 Å². The summed E-state index contributed by atoms with van der Waals surface area (Å²) in [6, 6.07) is 4.38. The molecule has 0 unspecified atom stereocenters. The van der Waals surface area contributed by atoms with Crippen molar-refractivity contribution in [1.82, 2.24) is 4.90 Å². The molecule has 1 rings (SSSR count). The zero-order valence-electron chi connectivity index (χ0n) is 10.2. The van der Waals surface area contributed by atoms with Crippen LogP contribution >= 0.6 is 0 Å². The normalized spacial score (nSPS) is 13.7. The van der Waals surface area contributed by atoms with Crippen molar-refractivity contribution in [2.75, 3.05) is 7.05 Å². The van der Waals surface area contributed by atoms with Crippen molar-refractivity contribution in [2.45, 2.75) is 25.7 Å². The molecule has 18 heavy (non-hydrogen) atoms. The number of hydrogen-bond donors (Lipinski definition) is 1. The van der Waals surface area contributed by atoms with E-state index in [-0.39, 0.29) is 0 Å². The third kappa shape index (κ3) is 3.73. The maximum atomic E-state index is 12.3. The molecular weight excluding hydrogens is 245 g/mol. The first-order valence-corrected chi connectivity index (χ1v) is 5.37. The lowest BCUT2D eigenvalue weighted by Crippen LogP contribution is -2.39. The van der Waals surface area contributed by atoms with Crippen molar-refractivity contribution >= 4 is 5.91 Å². The number of hydrogen-bond acceptors (Lipinski definition) is 2. The van der Waals surface area contributed by atoms with Crippen LogP contribution in [0.4, 0.5) is 13.2 Å². The molecule has 0 saturated heterocycles. The highest BCUT2D eigenvalue weighted by Gasteiger charge is 2.30. The lowest BCUT2D eigenvalue weighted by atomic mass is 10.1. The fourth-order valence-corrected chi connectivity index (χ4v) is 1.44. The van der Waals surface area contributed by atoms with Crippen molar-refractivity contribution in [3.63, 3.8) is 0 Å². The summed E-state index contributed by atoms with van der Waals surface area (Å²) in [5, 5.41) is 0. The summed E-state index contributed by atoms with van der Waals surface area (Å²) in [6.07, 6.45) is -4.33. The third-order valence-electron chi connectivity index (χ3n) is 2.79. The Morgan fingerprint density at radius 2 is 1.83 bits per heavy atom. The Kier molecular flexibility index (Phi) is 4.34. The van der Waals surface area contributed by atoms with Crippen LogP contribution in [0.15, 0.2) is 24.3 Å². The number of benzene rings is 1. The molecule has 1 aromatic carbocycles. The first kappa shape index (κ1) is 14.5. The van der Waals surface area contributed by atoms with Gasteiger partial charge in [0.25, 0.3) is 0 Å². The maximum Gasteiger partial charge on any atom is 0.416 e. The number of nitrogens with two attached hydrogens (primary N) is 1. The molecule has 1 amide bonds. The van der Waals surface area contributed by atoms with Gasteiger partial charge in [0.15, 0.2) is 0 Å². The second-order valence-electron chi connectivity index (χ2n) is 4.19. The smallest absolute Gasteiger partial charge is 0.368 e. The standard InChI is InChI=1S/C12H15F3N2O/c1-8(11(16)18)17(2)7-9-3-5-10(6-4-9)12(13,14)15/h3-6,8H,7H2,1-2H3,(H2,16,18)/t8-/m1/s1. The van der Waals surface area contributed by atoms with Gasteiger partial charge in [-0.1, -0.05) is 12.1 Å². The lowest BCUT2D eigenvalue weighted by Gasteiger charge is -2.22. The Bertz CT molecular complexity index is 414. The van der Waals surface area contributed by atoms with Crippen LogP contribution in [-0.2, 0) is 17.5 Å². The Hall–Kier alpha value is -1.56. The van der Waals surface area contributed by atoms with Crippen LogP contribution in [0.5, 0.6) is 0 Å². The van der Waals surface area contributed by atoms with E-state index < -0.39 is 23.7 Å². The fraction of sp³-hybridized carbons (Fsp3) is 0.417. The highest BCUT2D eigenvalue weighted by atomic mass is 19.4. The van der Waals surface area contributed by atoms with Gasteiger partial charge in [-0.25, -0.2) is 0 Å². The molecule has 0 heterocycles. The van der Waals surface area contributed by atoms with Crippen LogP contribution < -0.4 is 5.73 Å². The quantitative estimate of drug-likeness (QED) is 0.900.